The molecule has 1 N–H and O–H groups in total. The van der Waals surface area contributed by atoms with E-state index in [1.165, 1.54) is 0 Å². The second kappa shape index (κ2) is 9.44. The zero-order chi connectivity index (χ0) is 10.8. The van der Waals surface area contributed by atoms with Gasteiger partial charge in [0.1, 0.15) is 0 Å². The Labute approximate surface area is 88.2 Å². The fourth-order valence-electron chi connectivity index (χ4n) is 1.41. The van der Waals surface area contributed by atoms with Gasteiger partial charge in [0.25, 0.3) is 0 Å². The molecule has 0 aliphatic heterocycles. The predicted molar refractivity (Wildman–Crippen MR) is 59.6 cm³/mol. The minimum Gasteiger partial charge on any atom is -0.382 e. The maximum atomic E-state index is 5.45. The summed E-state index contributed by atoms with van der Waals surface area (Å²) in [6.07, 6.45) is 1.13. The monoisotopic (exact) mass is 203 g/mol. The van der Waals surface area contributed by atoms with Gasteiger partial charge in [-0.25, -0.2) is 0 Å². The number of rotatable bonds is 9. The van der Waals surface area contributed by atoms with Crippen molar-refractivity contribution in [1.29, 1.82) is 0 Å². The number of methoxy groups -OCH3 is 1. The molecule has 0 heterocycles. The first-order chi connectivity index (χ1) is 6.72. The maximum absolute atomic E-state index is 5.45. The highest BCUT2D eigenvalue weighted by molar-refractivity contribution is 4.64. The second-order valence-corrected chi connectivity index (χ2v) is 3.96. The Morgan fingerprint density at radius 2 is 1.86 bits per heavy atom. The smallest absolute Gasteiger partial charge is 0.0700 e. The molecule has 0 aromatic rings. The summed E-state index contributed by atoms with van der Waals surface area (Å²) in [5.41, 5.74) is 0. The van der Waals surface area contributed by atoms with Crippen molar-refractivity contribution < 1.29 is 9.47 Å². The predicted octanol–water partition coefficient (Wildman–Crippen LogP) is 1.53. The van der Waals surface area contributed by atoms with Crippen LogP contribution in [0.2, 0.25) is 0 Å². The fraction of sp³-hybridized carbons (Fsp3) is 1.00. The van der Waals surface area contributed by atoms with Crippen molar-refractivity contribution in [3.63, 3.8) is 0 Å². The van der Waals surface area contributed by atoms with Crippen LogP contribution in [0, 0.1) is 11.8 Å². The third-order valence-electron chi connectivity index (χ3n) is 2.47. The number of ether oxygens (including phenoxy) is 2. The third-order valence-corrected chi connectivity index (χ3v) is 2.47. The normalized spacial score (nSPS) is 13.5. The van der Waals surface area contributed by atoms with Crippen molar-refractivity contribution >= 4 is 0 Å². The van der Waals surface area contributed by atoms with E-state index in [0.717, 1.165) is 19.6 Å². The summed E-state index contributed by atoms with van der Waals surface area (Å²) in [6, 6.07) is 0. The summed E-state index contributed by atoms with van der Waals surface area (Å²) in [4.78, 5) is 0. The van der Waals surface area contributed by atoms with E-state index in [9.17, 15) is 0 Å². The Kier molecular flexibility index (Phi) is 9.35. The van der Waals surface area contributed by atoms with Gasteiger partial charge in [-0.15, -0.1) is 0 Å². The largest absolute Gasteiger partial charge is 0.382 e. The lowest BCUT2D eigenvalue weighted by atomic mass is 9.93. The molecular formula is C11H25NO2. The van der Waals surface area contributed by atoms with Gasteiger partial charge in [0.05, 0.1) is 13.2 Å². The summed E-state index contributed by atoms with van der Waals surface area (Å²) in [7, 11) is 3.70. The molecule has 14 heavy (non-hydrogen) atoms. The standard InChI is InChI=1S/C11H25NO2/c1-10(2)11(9-12-3)5-6-14-8-7-13-4/h10-12H,5-9H2,1-4H3. The van der Waals surface area contributed by atoms with E-state index in [-0.39, 0.29) is 0 Å². The van der Waals surface area contributed by atoms with Crippen LogP contribution in [0.25, 0.3) is 0 Å². The quantitative estimate of drug-likeness (QED) is 0.576. The summed E-state index contributed by atoms with van der Waals surface area (Å²) >= 11 is 0. The van der Waals surface area contributed by atoms with Gasteiger partial charge in [0.2, 0.25) is 0 Å². The van der Waals surface area contributed by atoms with Crippen LogP contribution in [0.4, 0.5) is 0 Å². The van der Waals surface area contributed by atoms with Crippen LogP contribution in [0.1, 0.15) is 20.3 Å². The third kappa shape index (κ3) is 7.30. The number of hydrogen-bond donors (Lipinski definition) is 1. The molecule has 3 heteroatoms. The molecule has 0 saturated carbocycles. The lowest BCUT2D eigenvalue weighted by molar-refractivity contribution is 0.0607. The molecule has 0 saturated heterocycles. The van der Waals surface area contributed by atoms with Crippen LogP contribution in [0.15, 0.2) is 0 Å². The lowest BCUT2D eigenvalue weighted by Crippen LogP contribution is -2.24. The molecule has 1 unspecified atom stereocenters. The molecule has 86 valence electrons. The van der Waals surface area contributed by atoms with E-state index in [4.69, 9.17) is 9.47 Å². The highest BCUT2D eigenvalue weighted by Gasteiger charge is 2.11. The van der Waals surface area contributed by atoms with Gasteiger partial charge in [-0.1, -0.05) is 13.8 Å². The Hall–Kier alpha value is -0.120. The zero-order valence-corrected chi connectivity index (χ0v) is 10.0. The van der Waals surface area contributed by atoms with Crippen LogP contribution >= 0.6 is 0 Å². The molecule has 0 rings (SSSR count). The Morgan fingerprint density at radius 3 is 2.36 bits per heavy atom. The highest BCUT2D eigenvalue weighted by atomic mass is 16.5. The van der Waals surface area contributed by atoms with E-state index in [2.05, 4.69) is 19.2 Å². The molecule has 0 amide bonds. The van der Waals surface area contributed by atoms with E-state index in [1.54, 1.807) is 7.11 Å². The molecule has 0 bridgehead atoms. The molecule has 1 atom stereocenters. The van der Waals surface area contributed by atoms with E-state index in [1.807, 2.05) is 7.05 Å². The molecule has 0 aliphatic carbocycles. The van der Waals surface area contributed by atoms with Crippen molar-refractivity contribution in [2.75, 3.05) is 40.5 Å². The van der Waals surface area contributed by atoms with E-state index >= 15 is 0 Å². The van der Waals surface area contributed by atoms with Gasteiger partial charge in [-0.3, -0.25) is 0 Å². The summed E-state index contributed by atoms with van der Waals surface area (Å²) in [6.45, 7) is 7.84. The van der Waals surface area contributed by atoms with E-state index < -0.39 is 0 Å². The first kappa shape index (κ1) is 13.9. The van der Waals surface area contributed by atoms with Crippen LogP contribution in [-0.2, 0) is 9.47 Å². The highest BCUT2D eigenvalue weighted by Crippen LogP contribution is 2.13. The van der Waals surface area contributed by atoms with Crippen molar-refractivity contribution in [2.24, 2.45) is 11.8 Å². The minimum absolute atomic E-state index is 0.693. The van der Waals surface area contributed by atoms with Gasteiger partial charge in [0, 0.05) is 13.7 Å². The molecular weight excluding hydrogens is 178 g/mol. The first-order valence-corrected chi connectivity index (χ1v) is 5.43. The van der Waals surface area contributed by atoms with Crippen molar-refractivity contribution in [3.05, 3.63) is 0 Å². The van der Waals surface area contributed by atoms with Gasteiger partial charge >= 0.3 is 0 Å². The maximum Gasteiger partial charge on any atom is 0.0700 e. The summed E-state index contributed by atoms with van der Waals surface area (Å²) < 4.78 is 10.4. The second-order valence-electron chi connectivity index (χ2n) is 3.96. The van der Waals surface area contributed by atoms with Crippen LogP contribution in [0.5, 0.6) is 0 Å². The molecule has 0 spiro atoms. The molecule has 0 radical (unpaired) electrons. The Bertz CT molecular complexity index is 118. The first-order valence-electron chi connectivity index (χ1n) is 5.43. The average Bonchev–Trinajstić information content (AvgIpc) is 2.15. The van der Waals surface area contributed by atoms with Crippen LogP contribution in [-0.4, -0.2) is 40.5 Å². The molecule has 0 fully saturated rings. The minimum atomic E-state index is 0.693. The SMILES string of the molecule is CNCC(CCOCCOC)C(C)C. The lowest BCUT2D eigenvalue weighted by Gasteiger charge is -2.20. The van der Waals surface area contributed by atoms with Gasteiger partial charge in [-0.05, 0) is 31.8 Å². The van der Waals surface area contributed by atoms with Gasteiger partial charge < -0.3 is 14.8 Å². The summed E-state index contributed by atoms with van der Waals surface area (Å²) in [5, 5.41) is 3.22. The number of nitrogens with one attached hydrogen (secondary N) is 1. The fourth-order valence-corrected chi connectivity index (χ4v) is 1.41. The molecule has 0 aromatic carbocycles. The van der Waals surface area contributed by atoms with Crippen molar-refractivity contribution in [3.8, 4) is 0 Å². The molecule has 0 aromatic heterocycles. The zero-order valence-electron chi connectivity index (χ0n) is 10.0. The van der Waals surface area contributed by atoms with Crippen molar-refractivity contribution in [2.45, 2.75) is 20.3 Å². The average molecular weight is 203 g/mol. The summed E-state index contributed by atoms with van der Waals surface area (Å²) in [5.74, 6) is 1.43. The topological polar surface area (TPSA) is 30.5 Å². The number of hydrogen-bond acceptors (Lipinski definition) is 3. The molecule has 0 aliphatic rings. The van der Waals surface area contributed by atoms with Gasteiger partial charge in [-0.2, -0.15) is 0 Å². The van der Waals surface area contributed by atoms with Crippen molar-refractivity contribution in [1.82, 2.24) is 5.32 Å². The van der Waals surface area contributed by atoms with Gasteiger partial charge in [0.15, 0.2) is 0 Å². The Morgan fingerprint density at radius 1 is 1.14 bits per heavy atom. The van der Waals surface area contributed by atoms with E-state index in [0.29, 0.717) is 25.0 Å². The molecule has 3 nitrogen and oxygen atoms in total. The van der Waals surface area contributed by atoms with Crippen LogP contribution < -0.4 is 5.32 Å². The Balaban J connectivity index is 3.41. The van der Waals surface area contributed by atoms with Crippen LogP contribution in [0.3, 0.4) is 0 Å².